The lowest BCUT2D eigenvalue weighted by atomic mass is 9.85. The van der Waals surface area contributed by atoms with E-state index in [2.05, 4.69) is 20.8 Å². The molecule has 0 spiro atoms. The van der Waals surface area contributed by atoms with E-state index < -0.39 is 17.7 Å². The molecule has 7 heteroatoms. The summed E-state index contributed by atoms with van der Waals surface area (Å²) in [6.45, 7) is 6.33. The molecule has 0 aromatic heterocycles. The zero-order chi connectivity index (χ0) is 26.2. The zero-order valence-corrected chi connectivity index (χ0v) is 21.6. The number of carbonyl (C=O) groups is 2. The summed E-state index contributed by atoms with van der Waals surface area (Å²) in [4.78, 5) is 28.1. The van der Waals surface area contributed by atoms with Crippen LogP contribution in [0.4, 0.5) is 5.69 Å². The molecule has 6 nitrogen and oxygen atoms in total. The number of aliphatic hydroxyl groups excluding tert-OH is 1. The van der Waals surface area contributed by atoms with E-state index in [1.165, 1.54) is 25.2 Å². The minimum atomic E-state index is -0.855. The Morgan fingerprint density at radius 1 is 0.944 bits per heavy atom. The summed E-state index contributed by atoms with van der Waals surface area (Å²) < 4.78 is 10.5. The molecule has 3 aromatic rings. The van der Waals surface area contributed by atoms with E-state index in [9.17, 15) is 14.7 Å². The van der Waals surface area contributed by atoms with E-state index in [0.717, 1.165) is 5.56 Å². The number of aliphatic hydroxyl groups is 1. The maximum atomic E-state index is 13.4. The number of ketones is 1. The molecule has 1 aliphatic heterocycles. The van der Waals surface area contributed by atoms with Gasteiger partial charge in [-0.25, -0.2) is 0 Å². The van der Waals surface area contributed by atoms with Gasteiger partial charge in [0.1, 0.15) is 17.3 Å². The van der Waals surface area contributed by atoms with Gasteiger partial charge in [0.2, 0.25) is 0 Å². The van der Waals surface area contributed by atoms with Crippen molar-refractivity contribution in [3.8, 4) is 11.5 Å². The van der Waals surface area contributed by atoms with Gasteiger partial charge in [-0.05, 0) is 46.9 Å². The number of hydrogen-bond acceptors (Lipinski definition) is 5. The molecule has 0 radical (unpaired) electrons. The number of hydrogen-bond donors (Lipinski definition) is 1. The molecule has 1 atom stereocenters. The van der Waals surface area contributed by atoms with Crippen molar-refractivity contribution in [2.45, 2.75) is 32.2 Å². The molecule has 36 heavy (non-hydrogen) atoms. The molecule has 1 saturated heterocycles. The van der Waals surface area contributed by atoms with Gasteiger partial charge in [0.15, 0.2) is 0 Å². The van der Waals surface area contributed by atoms with Gasteiger partial charge in [0.25, 0.3) is 11.7 Å². The second-order valence-corrected chi connectivity index (χ2v) is 10.00. The maximum absolute atomic E-state index is 13.4. The van der Waals surface area contributed by atoms with Gasteiger partial charge in [-0.2, -0.15) is 0 Å². The van der Waals surface area contributed by atoms with Gasteiger partial charge in [-0.15, -0.1) is 0 Å². The van der Waals surface area contributed by atoms with Crippen LogP contribution in [0.5, 0.6) is 11.5 Å². The molecular weight excluding hydrogens is 478 g/mol. The smallest absolute Gasteiger partial charge is 0.300 e. The first-order valence-electron chi connectivity index (χ1n) is 11.5. The van der Waals surface area contributed by atoms with Gasteiger partial charge in [0.05, 0.1) is 30.9 Å². The van der Waals surface area contributed by atoms with Crippen molar-refractivity contribution in [3.05, 3.63) is 94.0 Å². The predicted molar refractivity (Wildman–Crippen MR) is 141 cm³/mol. The van der Waals surface area contributed by atoms with Crippen molar-refractivity contribution in [2.24, 2.45) is 0 Å². The van der Waals surface area contributed by atoms with Crippen LogP contribution in [0.1, 0.15) is 43.5 Å². The molecule has 1 aliphatic rings. The highest BCUT2D eigenvalue weighted by atomic mass is 35.5. The summed E-state index contributed by atoms with van der Waals surface area (Å²) in [5, 5.41) is 11.6. The first kappa shape index (κ1) is 25.3. The number of rotatable bonds is 5. The number of halogens is 1. The van der Waals surface area contributed by atoms with Crippen LogP contribution in [-0.4, -0.2) is 31.0 Å². The third kappa shape index (κ3) is 4.56. The third-order valence-corrected chi connectivity index (χ3v) is 6.59. The Bertz CT molecular complexity index is 1350. The number of benzene rings is 3. The fourth-order valence-corrected chi connectivity index (χ4v) is 4.57. The van der Waals surface area contributed by atoms with Crippen LogP contribution in [-0.2, 0) is 15.0 Å². The number of amides is 1. The fourth-order valence-electron chi connectivity index (χ4n) is 4.31. The van der Waals surface area contributed by atoms with Crippen molar-refractivity contribution < 1.29 is 24.2 Å². The van der Waals surface area contributed by atoms with Crippen LogP contribution in [0.3, 0.4) is 0 Å². The minimum Gasteiger partial charge on any atom is -0.507 e. The first-order valence-corrected chi connectivity index (χ1v) is 11.8. The molecule has 0 saturated carbocycles. The Balaban J connectivity index is 1.93. The van der Waals surface area contributed by atoms with Gasteiger partial charge in [-0.3, -0.25) is 14.5 Å². The molecule has 3 aromatic carbocycles. The fraction of sp³-hybridized carbons (Fsp3) is 0.241. The molecule has 1 fully saturated rings. The van der Waals surface area contributed by atoms with Crippen LogP contribution >= 0.6 is 11.6 Å². The topological polar surface area (TPSA) is 76.1 Å². The van der Waals surface area contributed by atoms with Crippen LogP contribution in [0.2, 0.25) is 5.02 Å². The number of nitrogens with zero attached hydrogens (tertiary/aromatic N) is 1. The summed E-state index contributed by atoms with van der Waals surface area (Å²) in [5.41, 5.74) is 2.48. The molecule has 1 N–H and O–H groups in total. The molecule has 4 rings (SSSR count). The van der Waals surface area contributed by atoms with E-state index >= 15 is 0 Å². The van der Waals surface area contributed by atoms with Gasteiger partial charge in [-0.1, -0.05) is 62.7 Å². The van der Waals surface area contributed by atoms with Crippen molar-refractivity contribution in [2.75, 3.05) is 19.1 Å². The summed E-state index contributed by atoms with van der Waals surface area (Å²) in [6, 6.07) is 18.5. The SMILES string of the molecule is COc1cccc(N2C(=O)C(=O)/C(=C(/O)c3ccc(OC)c(Cl)c3)C2c2ccc(C(C)(C)C)cc2)c1. The lowest BCUT2D eigenvalue weighted by Gasteiger charge is -2.27. The lowest BCUT2D eigenvalue weighted by molar-refractivity contribution is -0.132. The third-order valence-electron chi connectivity index (χ3n) is 6.29. The van der Waals surface area contributed by atoms with Crippen molar-refractivity contribution >= 4 is 34.7 Å². The molecule has 186 valence electrons. The number of carbonyl (C=O) groups excluding carboxylic acids is 2. The summed E-state index contributed by atoms with van der Waals surface area (Å²) in [5.74, 6) is -0.868. The number of Topliss-reactive ketones (excluding diaryl/α,β-unsaturated/α-hetero) is 1. The average Bonchev–Trinajstić information content (AvgIpc) is 3.13. The van der Waals surface area contributed by atoms with Gasteiger partial charge in [0, 0.05) is 17.3 Å². The zero-order valence-electron chi connectivity index (χ0n) is 20.8. The van der Waals surface area contributed by atoms with Crippen molar-refractivity contribution in [1.82, 2.24) is 0 Å². The average molecular weight is 506 g/mol. The van der Waals surface area contributed by atoms with E-state index in [4.69, 9.17) is 21.1 Å². The minimum absolute atomic E-state index is 0.0208. The second-order valence-electron chi connectivity index (χ2n) is 9.59. The molecule has 1 amide bonds. The Kier molecular flexibility index (Phi) is 6.83. The van der Waals surface area contributed by atoms with Gasteiger partial charge < -0.3 is 14.6 Å². The van der Waals surface area contributed by atoms with E-state index in [1.54, 1.807) is 36.4 Å². The highest BCUT2D eigenvalue weighted by Crippen LogP contribution is 2.43. The number of anilines is 1. The molecule has 0 aliphatic carbocycles. The van der Waals surface area contributed by atoms with Crippen LogP contribution in [0.15, 0.2) is 72.3 Å². The molecular formula is C29H28ClNO5. The van der Waals surface area contributed by atoms with E-state index in [0.29, 0.717) is 28.3 Å². The second kappa shape index (κ2) is 9.70. The first-order chi connectivity index (χ1) is 17.1. The maximum Gasteiger partial charge on any atom is 0.300 e. The lowest BCUT2D eigenvalue weighted by Crippen LogP contribution is -2.29. The molecule has 1 unspecified atom stereocenters. The largest absolute Gasteiger partial charge is 0.507 e. The summed E-state index contributed by atoms with van der Waals surface area (Å²) >= 11 is 6.28. The summed E-state index contributed by atoms with van der Waals surface area (Å²) in [6.07, 6.45) is 0. The van der Waals surface area contributed by atoms with Crippen molar-refractivity contribution in [3.63, 3.8) is 0 Å². The molecule has 0 bridgehead atoms. The standard InChI is InChI=1S/C29H28ClNO5/c1-29(2,3)19-12-9-17(10-13-19)25-24(26(32)18-11-14-23(36-5)22(30)15-18)27(33)28(34)31(25)20-7-6-8-21(16-20)35-4/h6-16,25,32H,1-5H3/b26-24+. The Hall–Kier alpha value is -3.77. The van der Waals surface area contributed by atoms with Crippen LogP contribution < -0.4 is 14.4 Å². The summed E-state index contributed by atoms with van der Waals surface area (Å²) in [7, 11) is 3.02. The monoisotopic (exact) mass is 505 g/mol. The highest BCUT2D eigenvalue weighted by molar-refractivity contribution is 6.51. The highest BCUT2D eigenvalue weighted by Gasteiger charge is 2.47. The van der Waals surface area contributed by atoms with E-state index in [1.807, 2.05) is 24.3 Å². The van der Waals surface area contributed by atoms with Gasteiger partial charge >= 0.3 is 0 Å². The number of methoxy groups -OCH3 is 2. The predicted octanol–water partition coefficient (Wildman–Crippen LogP) is 6.28. The normalized spacial score (nSPS) is 17.4. The van der Waals surface area contributed by atoms with Crippen molar-refractivity contribution in [1.29, 1.82) is 0 Å². The van der Waals surface area contributed by atoms with Crippen LogP contribution in [0, 0.1) is 0 Å². The molecule has 1 heterocycles. The van der Waals surface area contributed by atoms with Crippen LogP contribution in [0.25, 0.3) is 5.76 Å². The number of ether oxygens (including phenoxy) is 2. The Morgan fingerprint density at radius 2 is 1.64 bits per heavy atom. The quantitative estimate of drug-likeness (QED) is 0.251. The Morgan fingerprint density at radius 3 is 2.22 bits per heavy atom. The Labute approximate surface area is 215 Å². The van der Waals surface area contributed by atoms with E-state index in [-0.39, 0.29) is 21.8 Å².